The zero-order valence-electron chi connectivity index (χ0n) is 14.9. The number of hydrogen-bond donors (Lipinski definition) is 1. The molecule has 0 unspecified atom stereocenters. The van der Waals surface area contributed by atoms with Crippen LogP contribution in [0.15, 0.2) is 47.4 Å². The molecular weight excluding hydrogens is 396 g/mol. The molecule has 0 bridgehead atoms. The van der Waals surface area contributed by atoms with Gasteiger partial charge in [0.1, 0.15) is 23.9 Å². The molecular formula is C18H17F2NO6S. The minimum absolute atomic E-state index is 0.259. The van der Waals surface area contributed by atoms with Gasteiger partial charge in [-0.1, -0.05) is 6.07 Å². The first-order valence-electron chi connectivity index (χ1n) is 7.97. The average Bonchev–Trinajstić information content (AvgIpc) is 2.65. The number of benzene rings is 2. The van der Waals surface area contributed by atoms with Crippen molar-refractivity contribution in [2.45, 2.75) is 17.9 Å². The number of sulfonamides is 1. The minimum atomic E-state index is -4.63. The lowest BCUT2D eigenvalue weighted by Crippen LogP contribution is -2.34. The molecule has 150 valence electrons. The molecule has 0 radical (unpaired) electrons. The Kier molecular flexibility index (Phi) is 6.81. The normalized spacial score (nSPS) is 12.3. The van der Waals surface area contributed by atoms with Gasteiger partial charge in [-0.15, -0.1) is 0 Å². The fourth-order valence-electron chi connectivity index (χ4n) is 2.25. The highest BCUT2D eigenvalue weighted by Crippen LogP contribution is 2.18. The molecule has 0 aliphatic rings. The molecule has 0 aliphatic carbocycles. The number of ketones is 1. The first-order valence-corrected chi connectivity index (χ1v) is 9.45. The predicted molar refractivity (Wildman–Crippen MR) is 94.4 cm³/mol. The van der Waals surface area contributed by atoms with Gasteiger partial charge in [0.05, 0.1) is 7.11 Å². The first kappa shape index (κ1) is 21.5. The van der Waals surface area contributed by atoms with Gasteiger partial charge in [-0.2, -0.15) is 4.72 Å². The summed E-state index contributed by atoms with van der Waals surface area (Å²) in [5.74, 6) is -3.67. The third-order valence-corrected chi connectivity index (χ3v) is 5.10. The zero-order valence-corrected chi connectivity index (χ0v) is 15.8. The lowest BCUT2D eigenvalue weighted by molar-refractivity contribution is -0.144. The van der Waals surface area contributed by atoms with E-state index in [1.807, 2.05) is 0 Å². The Bertz CT molecular complexity index is 956. The molecule has 2 aromatic carbocycles. The Labute approximate surface area is 160 Å². The van der Waals surface area contributed by atoms with Crippen LogP contribution in [0.2, 0.25) is 0 Å². The lowest BCUT2D eigenvalue weighted by Gasteiger charge is -2.13. The summed E-state index contributed by atoms with van der Waals surface area (Å²) in [5, 5.41) is 0. The molecule has 0 spiro atoms. The SMILES string of the molecule is COc1ccc(C(=O)[C@H](C)OC(=O)CNS(=O)(=O)c2c(F)cccc2F)cc1. The van der Waals surface area contributed by atoms with Crippen LogP contribution in [0.1, 0.15) is 17.3 Å². The Balaban J connectivity index is 1.98. The van der Waals surface area contributed by atoms with Crippen LogP contribution in [0.25, 0.3) is 0 Å². The van der Waals surface area contributed by atoms with Gasteiger partial charge in [0.15, 0.2) is 11.0 Å². The second kappa shape index (κ2) is 8.89. The number of carbonyl (C=O) groups is 2. The van der Waals surface area contributed by atoms with E-state index in [-0.39, 0.29) is 5.56 Å². The van der Waals surface area contributed by atoms with Crippen molar-refractivity contribution < 1.29 is 36.3 Å². The molecule has 7 nitrogen and oxygen atoms in total. The largest absolute Gasteiger partial charge is 0.497 e. The van der Waals surface area contributed by atoms with Crippen LogP contribution in [0.4, 0.5) is 8.78 Å². The summed E-state index contributed by atoms with van der Waals surface area (Å²) in [6.45, 7) is 0.409. The minimum Gasteiger partial charge on any atom is -0.497 e. The summed E-state index contributed by atoms with van der Waals surface area (Å²) in [4.78, 5) is 22.9. The van der Waals surface area contributed by atoms with Crippen LogP contribution in [-0.2, 0) is 19.6 Å². The fraction of sp³-hybridized carbons (Fsp3) is 0.222. The Hall–Kier alpha value is -2.85. The number of nitrogens with one attached hydrogen (secondary N) is 1. The van der Waals surface area contributed by atoms with Crippen molar-refractivity contribution in [3.63, 3.8) is 0 Å². The first-order chi connectivity index (χ1) is 13.2. The van der Waals surface area contributed by atoms with Gasteiger partial charge in [0.2, 0.25) is 15.8 Å². The molecule has 0 saturated heterocycles. The summed E-state index contributed by atoms with van der Waals surface area (Å²) < 4.78 is 62.8. The highest BCUT2D eigenvalue weighted by Gasteiger charge is 2.26. The van der Waals surface area contributed by atoms with Gasteiger partial charge in [0, 0.05) is 5.56 Å². The summed E-state index contributed by atoms with van der Waals surface area (Å²) in [6, 6.07) is 8.61. The van der Waals surface area contributed by atoms with E-state index in [1.165, 1.54) is 26.2 Å². The lowest BCUT2D eigenvalue weighted by atomic mass is 10.1. The maximum atomic E-state index is 13.6. The van der Waals surface area contributed by atoms with Crippen molar-refractivity contribution in [1.82, 2.24) is 4.72 Å². The van der Waals surface area contributed by atoms with E-state index in [9.17, 15) is 26.8 Å². The van der Waals surface area contributed by atoms with Crippen LogP contribution in [0, 0.1) is 11.6 Å². The number of methoxy groups -OCH3 is 1. The summed E-state index contributed by atoms with van der Waals surface area (Å²) in [5.41, 5.74) is 0.259. The van der Waals surface area contributed by atoms with Crippen LogP contribution < -0.4 is 9.46 Å². The van der Waals surface area contributed by atoms with Crippen molar-refractivity contribution in [3.05, 3.63) is 59.7 Å². The number of ether oxygens (including phenoxy) is 2. The predicted octanol–water partition coefficient (Wildman–Crippen LogP) is 2.07. The van der Waals surface area contributed by atoms with E-state index >= 15 is 0 Å². The van der Waals surface area contributed by atoms with Crippen LogP contribution in [-0.4, -0.2) is 39.9 Å². The molecule has 0 saturated carbocycles. The number of esters is 1. The van der Waals surface area contributed by atoms with E-state index in [4.69, 9.17) is 9.47 Å². The second-order valence-corrected chi connectivity index (χ2v) is 7.30. The standard InChI is InChI=1S/C18H17F2NO6S/c1-11(17(23)12-6-8-13(26-2)9-7-12)27-16(22)10-21-28(24,25)18-14(19)4-3-5-15(18)20/h3-9,11,21H,10H2,1-2H3/t11-/m0/s1. The third kappa shape index (κ3) is 5.11. The smallest absolute Gasteiger partial charge is 0.321 e. The number of carbonyl (C=O) groups excluding carboxylic acids is 2. The Morgan fingerprint density at radius 1 is 1.07 bits per heavy atom. The summed E-state index contributed by atoms with van der Waals surface area (Å²) in [6.07, 6.45) is -1.20. The van der Waals surface area contributed by atoms with E-state index in [0.717, 1.165) is 18.2 Å². The fourth-order valence-corrected chi connectivity index (χ4v) is 3.35. The number of halogens is 2. The van der Waals surface area contributed by atoms with Crippen molar-refractivity contribution in [3.8, 4) is 5.75 Å². The molecule has 2 aromatic rings. The van der Waals surface area contributed by atoms with Crippen LogP contribution in [0.3, 0.4) is 0 Å². The molecule has 0 fully saturated rings. The second-order valence-electron chi connectivity index (χ2n) is 5.60. The molecule has 0 aliphatic heterocycles. The van der Waals surface area contributed by atoms with E-state index in [1.54, 1.807) is 16.9 Å². The Morgan fingerprint density at radius 3 is 2.18 bits per heavy atom. The van der Waals surface area contributed by atoms with Crippen molar-refractivity contribution in [1.29, 1.82) is 0 Å². The maximum Gasteiger partial charge on any atom is 0.321 e. The molecule has 2 rings (SSSR count). The molecule has 28 heavy (non-hydrogen) atoms. The maximum absolute atomic E-state index is 13.6. The van der Waals surface area contributed by atoms with E-state index in [2.05, 4.69) is 0 Å². The Morgan fingerprint density at radius 2 is 1.64 bits per heavy atom. The third-order valence-electron chi connectivity index (χ3n) is 3.65. The van der Waals surface area contributed by atoms with Crippen molar-refractivity contribution in [2.75, 3.05) is 13.7 Å². The molecule has 1 N–H and O–H groups in total. The number of rotatable bonds is 8. The highest BCUT2D eigenvalue weighted by atomic mass is 32.2. The number of hydrogen-bond acceptors (Lipinski definition) is 6. The van der Waals surface area contributed by atoms with Gasteiger partial charge >= 0.3 is 5.97 Å². The quantitative estimate of drug-likeness (QED) is 0.526. The van der Waals surface area contributed by atoms with Crippen molar-refractivity contribution >= 4 is 21.8 Å². The van der Waals surface area contributed by atoms with Gasteiger partial charge in [0.25, 0.3) is 0 Å². The molecule has 0 amide bonds. The van der Waals surface area contributed by atoms with Crippen molar-refractivity contribution in [2.24, 2.45) is 0 Å². The van der Waals surface area contributed by atoms with Gasteiger partial charge in [-0.05, 0) is 43.3 Å². The highest BCUT2D eigenvalue weighted by molar-refractivity contribution is 7.89. The van der Waals surface area contributed by atoms with Gasteiger partial charge < -0.3 is 9.47 Å². The monoisotopic (exact) mass is 413 g/mol. The summed E-state index contributed by atoms with van der Waals surface area (Å²) >= 11 is 0. The van der Waals surface area contributed by atoms with Crippen LogP contribution >= 0.6 is 0 Å². The van der Waals surface area contributed by atoms with Crippen LogP contribution in [0.5, 0.6) is 5.75 Å². The van der Waals surface area contributed by atoms with E-state index < -0.39 is 51.0 Å². The average molecular weight is 413 g/mol. The van der Waals surface area contributed by atoms with Gasteiger partial charge in [-0.25, -0.2) is 17.2 Å². The van der Waals surface area contributed by atoms with Gasteiger partial charge in [-0.3, -0.25) is 9.59 Å². The van der Waals surface area contributed by atoms with E-state index in [0.29, 0.717) is 5.75 Å². The molecule has 0 aromatic heterocycles. The number of Topliss-reactive ketones (excluding diaryl/α,β-unsaturated/α-hetero) is 1. The topological polar surface area (TPSA) is 98.8 Å². The zero-order chi connectivity index (χ0) is 20.9. The molecule has 0 heterocycles. The molecule has 10 heteroatoms. The summed E-state index contributed by atoms with van der Waals surface area (Å²) in [7, 11) is -3.16. The molecule has 1 atom stereocenters.